The molecule has 2 aromatic carbocycles. The number of carbonyl (C=O) groups excluding carboxylic acids is 1. The van der Waals surface area contributed by atoms with Gasteiger partial charge in [0, 0.05) is 11.1 Å². The Bertz CT molecular complexity index is 904. The summed E-state index contributed by atoms with van der Waals surface area (Å²) in [4.78, 5) is 28.9. The van der Waals surface area contributed by atoms with E-state index in [4.69, 9.17) is 28.9 Å². The van der Waals surface area contributed by atoms with E-state index in [1.165, 1.54) is 12.1 Å². The Morgan fingerprint density at radius 2 is 1.71 bits per heavy atom. The number of rotatable bonds is 2. The number of aromatic nitrogens is 2. The molecule has 3 aromatic rings. The molecule has 7 heteroatoms. The molecule has 3 rings (SSSR count). The largest absolute Gasteiger partial charge is 0.397 e. The van der Waals surface area contributed by atoms with E-state index in [1.54, 1.807) is 18.2 Å². The number of hydrogen-bond acceptors (Lipinski definition) is 3. The number of hydrogen-bond donors (Lipinski definition) is 3. The lowest BCUT2D eigenvalue weighted by atomic mass is 10.0. The molecule has 106 valence electrons. The zero-order chi connectivity index (χ0) is 15.1. The van der Waals surface area contributed by atoms with Gasteiger partial charge >= 0.3 is 5.69 Å². The summed E-state index contributed by atoms with van der Waals surface area (Å²) < 4.78 is 0. The van der Waals surface area contributed by atoms with Crippen LogP contribution >= 0.6 is 23.2 Å². The molecule has 0 radical (unpaired) electrons. The summed E-state index contributed by atoms with van der Waals surface area (Å²) in [5.41, 5.74) is 7.55. The Labute approximate surface area is 128 Å². The molecule has 1 heterocycles. The van der Waals surface area contributed by atoms with Gasteiger partial charge in [-0.1, -0.05) is 23.2 Å². The standard InChI is InChI=1S/C14H9Cl2N3O2/c15-8-3-7(4-9(17)12(8)16)13(20)6-1-2-10-11(5-6)19-14(21)18-10/h1-5H,17H2,(H2,18,19,21). The third-order valence-corrected chi connectivity index (χ3v) is 3.91. The molecule has 0 spiro atoms. The lowest BCUT2D eigenvalue weighted by molar-refractivity contribution is 0.103. The normalized spacial score (nSPS) is 11.0. The average molecular weight is 322 g/mol. The summed E-state index contributed by atoms with van der Waals surface area (Å²) >= 11 is 11.8. The van der Waals surface area contributed by atoms with Gasteiger partial charge in [0.1, 0.15) is 0 Å². The molecule has 0 fully saturated rings. The van der Waals surface area contributed by atoms with Crippen molar-refractivity contribution in [2.45, 2.75) is 0 Å². The Kier molecular flexibility index (Phi) is 3.23. The smallest absolute Gasteiger partial charge is 0.323 e. The van der Waals surface area contributed by atoms with Crippen LogP contribution in [0.1, 0.15) is 15.9 Å². The van der Waals surface area contributed by atoms with Gasteiger partial charge in [0.05, 0.1) is 26.8 Å². The summed E-state index contributed by atoms with van der Waals surface area (Å²) in [7, 11) is 0. The number of halogens is 2. The Hall–Kier alpha value is -2.24. The fraction of sp³-hybridized carbons (Fsp3) is 0. The highest BCUT2D eigenvalue weighted by molar-refractivity contribution is 6.44. The van der Waals surface area contributed by atoms with Crippen molar-refractivity contribution in [1.29, 1.82) is 0 Å². The van der Waals surface area contributed by atoms with Crippen LogP contribution in [-0.4, -0.2) is 15.8 Å². The first kappa shape index (κ1) is 13.7. The van der Waals surface area contributed by atoms with Gasteiger partial charge in [-0.2, -0.15) is 0 Å². The van der Waals surface area contributed by atoms with Gasteiger partial charge in [-0.05, 0) is 30.3 Å². The maximum absolute atomic E-state index is 12.5. The van der Waals surface area contributed by atoms with Crippen LogP contribution < -0.4 is 11.4 Å². The number of imidazole rings is 1. The maximum atomic E-state index is 12.5. The molecule has 0 aliphatic carbocycles. The second kappa shape index (κ2) is 4.95. The lowest BCUT2D eigenvalue weighted by Gasteiger charge is -2.06. The number of nitrogens with one attached hydrogen (secondary N) is 2. The van der Waals surface area contributed by atoms with E-state index in [0.29, 0.717) is 22.2 Å². The molecular weight excluding hydrogens is 313 g/mol. The Balaban J connectivity index is 2.09. The van der Waals surface area contributed by atoms with E-state index in [0.717, 1.165) is 0 Å². The number of nitrogens with two attached hydrogens (primary N) is 1. The minimum atomic E-state index is -0.326. The summed E-state index contributed by atoms with van der Waals surface area (Å²) in [6, 6.07) is 7.80. The number of H-pyrrole nitrogens is 2. The molecule has 0 bridgehead atoms. The first-order chi connectivity index (χ1) is 9.95. The van der Waals surface area contributed by atoms with Crippen LogP contribution in [0.25, 0.3) is 11.0 Å². The molecule has 0 atom stereocenters. The molecule has 0 unspecified atom stereocenters. The zero-order valence-electron chi connectivity index (χ0n) is 10.5. The van der Waals surface area contributed by atoms with Gasteiger partial charge in [0.15, 0.2) is 5.78 Å². The van der Waals surface area contributed by atoms with Gasteiger partial charge in [0.25, 0.3) is 0 Å². The minimum Gasteiger partial charge on any atom is -0.397 e. The minimum absolute atomic E-state index is 0.219. The molecule has 0 saturated carbocycles. The van der Waals surface area contributed by atoms with Gasteiger partial charge < -0.3 is 15.7 Å². The maximum Gasteiger partial charge on any atom is 0.323 e. The summed E-state index contributed by atoms with van der Waals surface area (Å²) in [5, 5.41) is 0.440. The van der Waals surface area contributed by atoms with Crippen LogP contribution in [0.4, 0.5) is 5.69 Å². The van der Waals surface area contributed by atoms with E-state index >= 15 is 0 Å². The van der Waals surface area contributed by atoms with Crippen molar-refractivity contribution >= 4 is 45.7 Å². The van der Waals surface area contributed by atoms with Crippen LogP contribution in [0.3, 0.4) is 0 Å². The molecule has 4 N–H and O–H groups in total. The second-order valence-corrected chi connectivity index (χ2v) is 5.32. The van der Waals surface area contributed by atoms with Crippen molar-refractivity contribution in [3.63, 3.8) is 0 Å². The summed E-state index contributed by atoms with van der Waals surface area (Å²) in [6.45, 7) is 0. The van der Waals surface area contributed by atoms with Crippen LogP contribution in [0.2, 0.25) is 10.0 Å². The van der Waals surface area contributed by atoms with Crippen molar-refractivity contribution in [3.8, 4) is 0 Å². The third-order valence-electron chi connectivity index (χ3n) is 3.10. The molecule has 0 aliphatic rings. The van der Waals surface area contributed by atoms with E-state index in [2.05, 4.69) is 9.97 Å². The molecule has 0 aliphatic heterocycles. The molecular formula is C14H9Cl2N3O2. The molecule has 5 nitrogen and oxygen atoms in total. The number of anilines is 1. The molecule has 0 amide bonds. The molecule has 0 saturated heterocycles. The van der Waals surface area contributed by atoms with Crippen LogP contribution in [-0.2, 0) is 0 Å². The third kappa shape index (κ3) is 2.41. The van der Waals surface area contributed by atoms with Gasteiger partial charge in [-0.3, -0.25) is 4.79 Å². The molecule has 21 heavy (non-hydrogen) atoms. The second-order valence-electron chi connectivity index (χ2n) is 4.53. The number of nitrogen functional groups attached to an aromatic ring is 1. The number of aromatic amines is 2. The highest BCUT2D eigenvalue weighted by atomic mass is 35.5. The highest BCUT2D eigenvalue weighted by Gasteiger charge is 2.14. The van der Waals surface area contributed by atoms with Crippen LogP contribution in [0.5, 0.6) is 0 Å². The van der Waals surface area contributed by atoms with Crippen molar-refractivity contribution in [3.05, 3.63) is 62.0 Å². The van der Waals surface area contributed by atoms with E-state index in [1.807, 2.05) is 0 Å². The topological polar surface area (TPSA) is 91.7 Å². The van der Waals surface area contributed by atoms with E-state index < -0.39 is 0 Å². The fourth-order valence-electron chi connectivity index (χ4n) is 2.08. The summed E-state index contributed by atoms with van der Waals surface area (Å²) in [5.74, 6) is -0.260. The lowest BCUT2D eigenvalue weighted by Crippen LogP contribution is -2.03. The monoisotopic (exact) mass is 321 g/mol. The number of fused-ring (bicyclic) bond motifs is 1. The first-order valence-corrected chi connectivity index (χ1v) is 6.72. The fourth-order valence-corrected chi connectivity index (χ4v) is 2.42. The SMILES string of the molecule is Nc1cc(C(=O)c2ccc3[nH]c(=O)[nH]c3c2)cc(Cl)c1Cl. The van der Waals surface area contributed by atoms with Crippen LogP contribution in [0.15, 0.2) is 35.1 Å². The van der Waals surface area contributed by atoms with Crippen molar-refractivity contribution in [2.24, 2.45) is 0 Å². The summed E-state index contributed by atoms with van der Waals surface area (Å²) in [6.07, 6.45) is 0. The van der Waals surface area contributed by atoms with Crippen LogP contribution in [0, 0.1) is 0 Å². The Morgan fingerprint density at radius 1 is 1.00 bits per heavy atom. The van der Waals surface area contributed by atoms with Gasteiger partial charge in [-0.15, -0.1) is 0 Å². The Morgan fingerprint density at radius 3 is 2.43 bits per heavy atom. The number of benzene rings is 2. The quantitative estimate of drug-likeness (QED) is 0.500. The average Bonchev–Trinajstić information content (AvgIpc) is 2.82. The van der Waals surface area contributed by atoms with Crippen molar-refractivity contribution in [2.75, 3.05) is 5.73 Å². The predicted molar refractivity (Wildman–Crippen MR) is 83.2 cm³/mol. The van der Waals surface area contributed by atoms with E-state index in [-0.39, 0.29) is 27.2 Å². The predicted octanol–water partition coefficient (Wildman–Crippen LogP) is 2.98. The first-order valence-electron chi connectivity index (χ1n) is 5.97. The van der Waals surface area contributed by atoms with Gasteiger partial charge in [0.2, 0.25) is 0 Å². The van der Waals surface area contributed by atoms with Crippen molar-refractivity contribution in [1.82, 2.24) is 9.97 Å². The number of ketones is 1. The van der Waals surface area contributed by atoms with Crippen molar-refractivity contribution < 1.29 is 4.79 Å². The molecule has 1 aromatic heterocycles. The van der Waals surface area contributed by atoms with E-state index in [9.17, 15) is 9.59 Å². The zero-order valence-corrected chi connectivity index (χ0v) is 12.0. The highest BCUT2D eigenvalue weighted by Crippen LogP contribution is 2.30. The van der Waals surface area contributed by atoms with Gasteiger partial charge in [-0.25, -0.2) is 4.79 Å². The number of carbonyl (C=O) groups is 1.